The molecule has 0 fully saturated rings. The van der Waals surface area contributed by atoms with Gasteiger partial charge in [-0.15, -0.1) is 11.8 Å². The van der Waals surface area contributed by atoms with E-state index < -0.39 is 5.97 Å². The maximum atomic E-state index is 10.4. The van der Waals surface area contributed by atoms with Gasteiger partial charge in [0, 0.05) is 6.20 Å². The van der Waals surface area contributed by atoms with Gasteiger partial charge in [0.2, 0.25) is 0 Å². The standard InChI is InChI=1S/C7H7NO2S.CH2O2/c1-11-6-3-2-5(4-8-6)7(9)10;2-1-3/h2-4H,1H3,(H,9,10);1H,(H,2,3). The average molecular weight is 215 g/mol. The average Bonchev–Trinajstić information content (AvgIpc) is 2.19. The number of aromatic nitrogens is 1. The normalized spacial score (nSPS) is 8.36. The molecule has 0 radical (unpaired) electrons. The first-order valence-electron chi connectivity index (χ1n) is 3.47. The number of carbonyl (C=O) groups is 2. The molecule has 0 bridgehead atoms. The van der Waals surface area contributed by atoms with Gasteiger partial charge in [-0.2, -0.15) is 0 Å². The van der Waals surface area contributed by atoms with Gasteiger partial charge in [-0.05, 0) is 18.4 Å². The molecule has 1 heterocycles. The van der Waals surface area contributed by atoms with Crippen molar-refractivity contribution in [3.05, 3.63) is 23.9 Å². The van der Waals surface area contributed by atoms with Crippen LogP contribution in [-0.4, -0.2) is 33.9 Å². The van der Waals surface area contributed by atoms with Crippen molar-refractivity contribution in [1.82, 2.24) is 4.98 Å². The van der Waals surface area contributed by atoms with Gasteiger partial charge >= 0.3 is 5.97 Å². The van der Waals surface area contributed by atoms with Gasteiger partial charge in [-0.25, -0.2) is 9.78 Å². The zero-order valence-electron chi connectivity index (χ0n) is 7.38. The van der Waals surface area contributed by atoms with Crippen molar-refractivity contribution in [2.24, 2.45) is 0 Å². The van der Waals surface area contributed by atoms with Crippen molar-refractivity contribution >= 4 is 24.2 Å². The SMILES string of the molecule is CSc1ccc(C(=O)O)cn1.O=CO. The third-order valence-electron chi connectivity index (χ3n) is 1.19. The summed E-state index contributed by atoms with van der Waals surface area (Å²) < 4.78 is 0. The van der Waals surface area contributed by atoms with Gasteiger partial charge in [-0.3, -0.25) is 4.79 Å². The molecule has 0 saturated carbocycles. The van der Waals surface area contributed by atoms with E-state index in [9.17, 15) is 4.79 Å². The van der Waals surface area contributed by atoms with Crippen molar-refractivity contribution in [2.45, 2.75) is 5.03 Å². The Hall–Kier alpha value is -1.56. The molecule has 0 aliphatic carbocycles. The van der Waals surface area contributed by atoms with Gasteiger partial charge in [0.1, 0.15) is 0 Å². The maximum Gasteiger partial charge on any atom is 0.337 e. The lowest BCUT2D eigenvalue weighted by Gasteiger charge is -1.94. The molecule has 76 valence electrons. The summed E-state index contributed by atoms with van der Waals surface area (Å²) in [5.41, 5.74) is 0.225. The quantitative estimate of drug-likeness (QED) is 0.569. The molecular formula is C8H9NO4S. The summed E-state index contributed by atoms with van der Waals surface area (Å²) in [5.74, 6) is -0.940. The largest absolute Gasteiger partial charge is 0.483 e. The van der Waals surface area contributed by atoms with E-state index >= 15 is 0 Å². The van der Waals surface area contributed by atoms with E-state index in [1.54, 1.807) is 12.1 Å². The number of carboxylic acid groups (broad SMARTS) is 2. The van der Waals surface area contributed by atoms with E-state index in [0.29, 0.717) is 0 Å². The minimum absolute atomic E-state index is 0.225. The molecule has 0 unspecified atom stereocenters. The fraction of sp³-hybridized carbons (Fsp3) is 0.125. The number of rotatable bonds is 2. The predicted octanol–water partition coefficient (Wildman–Crippen LogP) is 1.20. The lowest BCUT2D eigenvalue weighted by Crippen LogP contribution is -1.96. The molecule has 14 heavy (non-hydrogen) atoms. The Kier molecular flexibility index (Phi) is 6.13. The van der Waals surface area contributed by atoms with E-state index in [2.05, 4.69) is 4.98 Å². The molecule has 6 heteroatoms. The number of thioether (sulfide) groups is 1. The van der Waals surface area contributed by atoms with E-state index in [-0.39, 0.29) is 12.0 Å². The van der Waals surface area contributed by atoms with E-state index in [0.717, 1.165) is 5.03 Å². The summed E-state index contributed by atoms with van der Waals surface area (Å²) in [6.07, 6.45) is 3.25. The number of aromatic carboxylic acids is 1. The minimum atomic E-state index is -0.940. The second kappa shape index (κ2) is 6.90. The first kappa shape index (κ1) is 12.4. The monoisotopic (exact) mass is 215 g/mol. The second-order valence-electron chi connectivity index (χ2n) is 2.00. The number of carboxylic acids is 1. The Labute approximate surface area is 84.8 Å². The second-order valence-corrected chi connectivity index (χ2v) is 2.83. The van der Waals surface area contributed by atoms with Gasteiger partial charge < -0.3 is 10.2 Å². The predicted molar refractivity (Wildman–Crippen MR) is 51.7 cm³/mol. The molecular weight excluding hydrogens is 206 g/mol. The molecule has 0 saturated heterocycles. The molecule has 0 spiro atoms. The Bertz CT molecular complexity index is 299. The lowest BCUT2D eigenvalue weighted by atomic mass is 10.3. The van der Waals surface area contributed by atoms with Crippen LogP contribution in [0.15, 0.2) is 23.4 Å². The van der Waals surface area contributed by atoms with Crippen LogP contribution in [-0.2, 0) is 4.79 Å². The zero-order valence-corrected chi connectivity index (χ0v) is 8.19. The van der Waals surface area contributed by atoms with E-state index in [1.165, 1.54) is 18.0 Å². The smallest absolute Gasteiger partial charge is 0.337 e. The highest BCUT2D eigenvalue weighted by Crippen LogP contribution is 2.10. The lowest BCUT2D eigenvalue weighted by molar-refractivity contribution is -0.122. The molecule has 0 amide bonds. The molecule has 1 aromatic heterocycles. The highest BCUT2D eigenvalue weighted by atomic mass is 32.2. The van der Waals surface area contributed by atoms with Crippen LogP contribution in [0.2, 0.25) is 0 Å². The Morgan fingerprint density at radius 1 is 1.57 bits per heavy atom. The van der Waals surface area contributed by atoms with Crippen LogP contribution in [0, 0.1) is 0 Å². The van der Waals surface area contributed by atoms with Crippen molar-refractivity contribution < 1.29 is 19.8 Å². The van der Waals surface area contributed by atoms with E-state index in [4.69, 9.17) is 15.0 Å². The first-order valence-corrected chi connectivity index (χ1v) is 4.69. The number of hydrogen-bond donors (Lipinski definition) is 2. The van der Waals surface area contributed by atoms with Crippen LogP contribution < -0.4 is 0 Å². The Morgan fingerprint density at radius 2 is 2.14 bits per heavy atom. The fourth-order valence-electron chi connectivity index (χ4n) is 0.628. The van der Waals surface area contributed by atoms with Gasteiger partial charge in [0.25, 0.3) is 6.47 Å². The van der Waals surface area contributed by atoms with Crippen LogP contribution >= 0.6 is 11.8 Å². The molecule has 2 N–H and O–H groups in total. The number of hydrogen-bond acceptors (Lipinski definition) is 4. The third kappa shape index (κ3) is 4.46. The summed E-state index contributed by atoms with van der Waals surface area (Å²) in [6.45, 7) is -0.250. The highest BCUT2D eigenvalue weighted by molar-refractivity contribution is 7.98. The molecule has 1 aromatic rings. The summed E-state index contributed by atoms with van der Waals surface area (Å²) in [4.78, 5) is 22.6. The number of pyridine rings is 1. The third-order valence-corrected chi connectivity index (χ3v) is 1.85. The highest BCUT2D eigenvalue weighted by Gasteiger charge is 2.01. The van der Waals surface area contributed by atoms with Crippen LogP contribution in [0.25, 0.3) is 0 Å². The Morgan fingerprint density at radius 3 is 2.43 bits per heavy atom. The van der Waals surface area contributed by atoms with Crippen molar-refractivity contribution in [2.75, 3.05) is 6.26 Å². The molecule has 0 atom stereocenters. The summed E-state index contributed by atoms with van der Waals surface area (Å²) in [5, 5.41) is 16.2. The topological polar surface area (TPSA) is 87.5 Å². The summed E-state index contributed by atoms with van der Waals surface area (Å²) in [7, 11) is 0. The molecule has 5 nitrogen and oxygen atoms in total. The van der Waals surface area contributed by atoms with Crippen LogP contribution in [0.4, 0.5) is 0 Å². The van der Waals surface area contributed by atoms with Crippen molar-refractivity contribution in [3.8, 4) is 0 Å². The van der Waals surface area contributed by atoms with Crippen molar-refractivity contribution in [1.29, 1.82) is 0 Å². The minimum Gasteiger partial charge on any atom is -0.483 e. The first-order chi connectivity index (χ1) is 6.65. The van der Waals surface area contributed by atoms with Gasteiger partial charge in [0.05, 0.1) is 10.6 Å². The molecule has 1 rings (SSSR count). The van der Waals surface area contributed by atoms with Crippen LogP contribution in [0.3, 0.4) is 0 Å². The Balaban J connectivity index is 0.000000500. The van der Waals surface area contributed by atoms with E-state index in [1.807, 2.05) is 6.26 Å². The van der Waals surface area contributed by atoms with Gasteiger partial charge in [-0.1, -0.05) is 0 Å². The van der Waals surface area contributed by atoms with Gasteiger partial charge in [0.15, 0.2) is 0 Å². The molecule has 0 aliphatic rings. The summed E-state index contributed by atoms with van der Waals surface area (Å²) >= 11 is 1.49. The van der Waals surface area contributed by atoms with Crippen LogP contribution in [0.1, 0.15) is 10.4 Å². The summed E-state index contributed by atoms with van der Waals surface area (Å²) in [6, 6.07) is 3.23. The number of nitrogens with zero attached hydrogens (tertiary/aromatic N) is 1. The maximum absolute atomic E-state index is 10.4. The van der Waals surface area contributed by atoms with Crippen LogP contribution in [0.5, 0.6) is 0 Å². The molecule has 0 aromatic carbocycles. The van der Waals surface area contributed by atoms with Crippen molar-refractivity contribution in [3.63, 3.8) is 0 Å². The zero-order chi connectivity index (χ0) is 11.0. The fourth-order valence-corrected chi connectivity index (χ4v) is 0.990. The molecule has 0 aliphatic heterocycles.